The first-order chi connectivity index (χ1) is 5.58. The molecule has 12 heavy (non-hydrogen) atoms. The second kappa shape index (κ2) is 5.31. The molecule has 0 aromatic heterocycles. The van der Waals surface area contributed by atoms with Gasteiger partial charge < -0.3 is 13.7 Å². The van der Waals surface area contributed by atoms with Gasteiger partial charge in [0.15, 0.2) is 0 Å². The third kappa shape index (κ3) is 3.87. The molecule has 1 N–H and O–H groups in total. The van der Waals surface area contributed by atoms with E-state index in [1.54, 1.807) is 14.2 Å². The lowest BCUT2D eigenvalue weighted by atomic mass is 10.4. The minimum Gasteiger partial charge on any atom is -0.398 e. The third-order valence-electron chi connectivity index (χ3n) is 1.85. The van der Waals surface area contributed by atoms with Gasteiger partial charge >= 0.3 is 8.56 Å². The molecule has 0 fully saturated rings. The topological polar surface area (TPSA) is 47.9 Å². The predicted molar refractivity (Wildman–Crippen MR) is 47.9 cm³/mol. The molecule has 5 heteroatoms. The highest BCUT2D eigenvalue weighted by atomic mass is 28.4. The summed E-state index contributed by atoms with van der Waals surface area (Å²) in [6.07, 6.45) is 0.556. The van der Waals surface area contributed by atoms with E-state index in [0.29, 0.717) is 12.2 Å². The van der Waals surface area contributed by atoms with Crippen molar-refractivity contribution in [2.45, 2.75) is 19.0 Å². The number of rotatable bonds is 6. The molecule has 0 aromatic rings. The molecule has 0 saturated carbocycles. The van der Waals surface area contributed by atoms with Crippen molar-refractivity contribution in [2.24, 2.45) is 0 Å². The van der Waals surface area contributed by atoms with E-state index in [-0.39, 0.29) is 0 Å². The zero-order valence-corrected chi connectivity index (χ0v) is 8.79. The van der Waals surface area contributed by atoms with E-state index in [1.807, 2.05) is 6.55 Å². The van der Waals surface area contributed by atoms with Crippen LogP contribution in [0.4, 0.5) is 0 Å². The smallest absolute Gasteiger partial charge is 0.334 e. The average Bonchev–Trinajstić information content (AvgIpc) is 2.13. The Labute approximate surface area is 73.9 Å². The van der Waals surface area contributed by atoms with E-state index in [1.165, 1.54) is 0 Å². The first kappa shape index (κ1) is 11.6. The van der Waals surface area contributed by atoms with Gasteiger partial charge in [-0.3, -0.25) is 0 Å². The fraction of sp³-hybridized carbons (Fsp3) is 0.714. The lowest BCUT2D eigenvalue weighted by Gasteiger charge is -2.22. The van der Waals surface area contributed by atoms with Crippen molar-refractivity contribution in [1.29, 1.82) is 0 Å². The Kier molecular flexibility index (Phi) is 5.15. The zero-order valence-electron chi connectivity index (χ0n) is 7.79. The summed E-state index contributed by atoms with van der Waals surface area (Å²) in [6.45, 7) is 5.43. The van der Waals surface area contributed by atoms with Crippen LogP contribution >= 0.6 is 0 Å². The van der Waals surface area contributed by atoms with Gasteiger partial charge in [-0.25, -0.2) is 5.26 Å². The van der Waals surface area contributed by atoms with Crippen molar-refractivity contribution >= 4 is 8.56 Å². The van der Waals surface area contributed by atoms with Gasteiger partial charge in [-0.15, -0.1) is 0 Å². The molecular formula is C7H16O4Si. The summed E-state index contributed by atoms with van der Waals surface area (Å²) in [7, 11) is 1.22. The normalized spacial score (nSPS) is 11.3. The molecular weight excluding hydrogens is 176 g/mol. The zero-order chi connectivity index (χ0) is 9.61. The maximum absolute atomic E-state index is 8.21. The van der Waals surface area contributed by atoms with Gasteiger partial charge in [0.25, 0.3) is 0 Å². The van der Waals surface area contributed by atoms with Gasteiger partial charge in [0, 0.05) is 20.6 Å². The van der Waals surface area contributed by atoms with Crippen LogP contribution < -0.4 is 0 Å². The van der Waals surface area contributed by atoms with Crippen molar-refractivity contribution < 1.29 is 19.0 Å². The fourth-order valence-electron chi connectivity index (χ4n) is 0.700. The van der Waals surface area contributed by atoms with Gasteiger partial charge in [-0.2, -0.15) is 0 Å². The molecule has 0 atom stereocenters. The van der Waals surface area contributed by atoms with Crippen molar-refractivity contribution in [1.82, 2.24) is 0 Å². The Morgan fingerprint density at radius 1 is 1.42 bits per heavy atom. The number of allylic oxidation sites excluding steroid dienone is 1. The quantitative estimate of drug-likeness (QED) is 0.301. The molecule has 0 radical (unpaired) electrons. The van der Waals surface area contributed by atoms with Crippen LogP contribution in [-0.4, -0.2) is 28.0 Å². The summed E-state index contributed by atoms with van der Waals surface area (Å²) in [5, 5.41) is 8.21. The maximum Gasteiger partial charge on any atom is 0.334 e. The molecule has 0 spiro atoms. The molecule has 72 valence electrons. The van der Waals surface area contributed by atoms with Crippen LogP contribution in [0.15, 0.2) is 12.3 Å². The second-order valence-electron chi connectivity index (χ2n) is 2.67. The molecule has 0 saturated heterocycles. The molecule has 0 heterocycles. The molecule has 0 bridgehead atoms. The van der Waals surface area contributed by atoms with E-state index >= 15 is 0 Å². The highest BCUT2D eigenvalue weighted by Gasteiger charge is 2.28. The van der Waals surface area contributed by atoms with E-state index in [9.17, 15) is 0 Å². The molecule has 0 amide bonds. The van der Waals surface area contributed by atoms with Crippen LogP contribution in [0.1, 0.15) is 6.42 Å². The van der Waals surface area contributed by atoms with E-state index < -0.39 is 8.56 Å². The largest absolute Gasteiger partial charge is 0.398 e. The molecule has 0 aliphatic rings. The molecule has 0 aliphatic carbocycles. The van der Waals surface area contributed by atoms with E-state index in [2.05, 4.69) is 11.5 Å². The standard InChI is InChI=1S/C7H16O4Si/c1-7(11-8)5-6-12(4,9-2)10-3/h8H,1,5-6H2,2-4H3. The van der Waals surface area contributed by atoms with Gasteiger partial charge in [0.2, 0.25) is 0 Å². The Balaban J connectivity index is 3.80. The highest BCUT2D eigenvalue weighted by Crippen LogP contribution is 2.16. The van der Waals surface area contributed by atoms with Gasteiger partial charge in [-0.05, 0) is 12.6 Å². The first-order valence-electron chi connectivity index (χ1n) is 3.67. The van der Waals surface area contributed by atoms with Crippen LogP contribution in [-0.2, 0) is 13.7 Å². The lowest BCUT2D eigenvalue weighted by Crippen LogP contribution is -2.35. The second-order valence-corrected chi connectivity index (χ2v) is 6.26. The van der Waals surface area contributed by atoms with Crippen molar-refractivity contribution in [3.63, 3.8) is 0 Å². The lowest BCUT2D eigenvalue weighted by molar-refractivity contribution is -0.204. The molecule has 4 nitrogen and oxygen atoms in total. The Hall–Kier alpha value is -0.363. The minimum atomic E-state index is -2.03. The maximum atomic E-state index is 8.21. The van der Waals surface area contributed by atoms with Crippen LogP contribution in [0.5, 0.6) is 0 Å². The van der Waals surface area contributed by atoms with E-state index in [4.69, 9.17) is 14.1 Å². The Bertz CT molecular complexity index is 144. The van der Waals surface area contributed by atoms with Crippen molar-refractivity contribution in [3.05, 3.63) is 12.3 Å². The first-order valence-corrected chi connectivity index (χ1v) is 6.20. The summed E-state index contributed by atoms with van der Waals surface area (Å²) < 4.78 is 10.4. The summed E-state index contributed by atoms with van der Waals surface area (Å²) in [6, 6.07) is 0.722. The number of hydrogen-bond donors (Lipinski definition) is 1. The molecule has 0 aromatic carbocycles. The van der Waals surface area contributed by atoms with Gasteiger partial charge in [-0.1, -0.05) is 6.58 Å². The summed E-state index contributed by atoms with van der Waals surface area (Å²) >= 11 is 0. The SMILES string of the molecule is C=C(CC[Si](C)(OC)OC)OO. The third-order valence-corrected chi connectivity index (χ3v) is 4.74. The van der Waals surface area contributed by atoms with Gasteiger partial charge in [0.1, 0.15) is 5.76 Å². The van der Waals surface area contributed by atoms with E-state index in [0.717, 1.165) is 6.04 Å². The van der Waals surface area contributed by atoms with Crippen LogP contribution in [0.3, 0.4) is 0 Å². The molecule has 0 aliphatic heterocycles. The average molecular weight is 192 g/mol. The molecule has 0 rings (SSSR count). The Morgan fingerprint density at radius 2 is 1.92 bits per heavy atom. The van der Waals surface area contributed by atoms with Crippen LogP contribution in [0.2, 0.25) is 12.6 Å². The predicted octanol–water partition coefficient (Wildman–Crippen LogP) is 1.74. The highest BCUT2D eigenvalue weighted by molar-refractivity contribution is 6.65. The van der Waals surface area contributed by atoms with Crippen LogP contribution in [0.25, 0.3) is 0 Å². The number of hydrogen-bond acceptors (Lipinski definition) is 4. The van der Waals surface area contributed by atoms with Crippen LogP contribution in [0, 0.1) is 0 Å². The van der Waals surface area contributed by atoms with Crippen molar-refractivity contribution in [3.8, 4) is 0 Å². The van der Waals surface area contributed by atoms with Crippen molar-refractivity contribution in [2.75, 3.05) is 14.2 Å². The Morgan fingerprint density at radius 3 is 2.25 bits per heavy atom. The van der Waals surface area contributed by atoms with Gasteiger partial charge in [0.05, 0.1) is 0 Å². The summed E-state index contributed by atoms with van der Waals surface area (Å²) in [4.78, 5) is 3.95. The minimum absolute atomic E-state index is 0.336. The fourth-order valence-corrected chi connectivity index (χ4v) is 2.01. The molecule has 0 unspecified atom stereocenters. The monoisotopic (exact) mass is 192 g/mol. The summed E-state index contributed by atoms with van der Waals surface area (Å²) in [5.41, 5.74) is 0. The summed E-state index contributed by atoms with van der Waals surface area (Å²) in [5.74, 6) is 0.336.